The Balaban J connectivity index is 2.02. The fraction of sp³-hybridized carbons (Fsp3) is 0.562. The minimum absolute atomic E-state index is 0.266. The van der Waals surface area contributed by atoms with Gasteiger partial charge in [-0.25, -0.2) is 0 Å². The molecule has 1 aliphatic carbocycles. The summed E-state index contributed by atoms with van der Waals surface area (Å²) < 4.78 is 11.7. The monoisotopic (exact) mass is 355 g/mol. The van der Waals surface area contributed by atoms with E-state index in [4.69, 9.17) is 9.47 Å². The van der Waals surface area contributed by atoms with Crippen LogP contribution in [-0.2, 0) is 16.1 Å². The largest absolute Gasteiger partial charge is 0.492 e. The lowest BCUT2D eigenvalue weighted by atomic mass is 9.95. The molecule has 116 valence electrons. The Morgan fingerprint density at radius 1 is 1.43 bits per heavy atom. The van der Waals surface area contributed by atoms with E-state index in [1.54, 1.807) is 0 Å². The van der Waals surface area contributed by atoms with E-state index in [1.807, 2.05) is 26.0 Å². The molecule has 0 saturated heterocycles. The molecule has 1 aromatic carbocycles. The summed E-state index contributed by atoms with van der Waals surface area (Å²) in [6, 6.07) is 6.57. The van der Waals surface area contributed by atoms with E-state index < -0.39 is 5.41 Å². The molecule has 21 heavy (non-hydrogen) atoms. The zero-order valence-electron chi connectivity index (χ0n) is 12.7. The molecule has 2 rings (SSSR count). The van der Waals surface area contributed by atoms with Crippen molar-refractivity contribution in [1.82, 2.24) is 5.32 Å². The molecule has 0 atom stereocenters. The van der Waals surface area contributed by atoms with Gasteiger partial charge in [-0.05, 0) is 44.9 Å². The molecule has 1 fully saturated rings. The van der Waals surface area contributed by atoms with E-state index in [-0.39, 0.29) is 12.6 Å². The van der Waals surface area contributed by atoms with Crippen molar-refractivity contribution in [3.05, 3.63) is 28.2 Å². The van der Waals surface area contributed by atoms with Crippen molar-refractivity contribution in [2.75, 3.05) is 13.7 Å². The molecule has 0 bridgehead atoms. The highest BCUT2D eigenvalue weighted by molar-refractivity contribution is 9.10. The quantitative estimate of drug-likeness (QED) is 0.762. The molecule has 0 unspecified atom stereocenters. The number of halogens is 1. The number of methoxy groups -OCH3 is 1. The molecule has 1 N–H and O–H groups in total. The third-order valence-electron chi connectivity index (χ3n) is 3.51. The highest BCUT2D eigenvalue weighted by Crippen LogP contribution is 2.27. The smallest absolute Gasteiger partial charge is 0.314 e. The van der Waals surface area contributed by atoms with Gasteiger partial charge in [0.1, 0.15) is 12.4 Å². The van der Waals surface area contributed by atoms with Gasteiger partial charge >= 0.3 is 5.97 Å². The van der Waals surface area contributed by atoms with Gasteiger partial charge in [0.2, 0.25) is 0 Å². The molecule has 1 aliphatic rings. The second kappa shape index (κ2) is 6.79. The minimum atomic E-state index is -0.664. The first kappa shape index (κ1) is 16.3. The molecule has 0 aliphatic heterocycles. The molecule has 0 spiro atoms. The summed E-state index contributed by atoms with van der Waals surface area (Å²) >= 11 is 3.49. The van der Waals surface area contributed by atoms with Crippen LogP contribution in [0.2, 0.25) is 0 Å². The van der Waals surface area contributed by atoms with Gasteiger partial charge in [-0.3, -0.25) is 4.79 Å². The van der Waals surface area contributed by atoms with Crippen LogP contribution in [0.4, 0.5) is 0 Å². The third-order valence-corrected chi connectivity index (χ3v) is 4.00. The third kappa shape index (κ3) is 4.71. The number of hydrogen-bond donors (Lipinski definition) is 1. The van der Waals surface area contributed by atoms with E-state index in [2.05, 4.69) is 27.3 Å². The number of ether oxygens (including phenoxy) is 2. The number of carbonyl (C=O) groups excluding carboxylic acids is 1. The number of hydrogen-bond acceptors (Lipinski definition) is 4. The number of carbonyl (C=O) groups is 1. The van der Waals surface area contributed by atoms with Crippen LogP contribution in [0, 0.1) is 5.41 Å². The second-order valence-electron chi connectivity index (χ2n) is 6.07. The van der Waals surface area contributed by atoms with Gasteiger partial charge in [-0.15, -0.1) is 0 Å². The lowest BCUT2D eigenvalue weighted by Crippen LogP contribution is -2.32. The summed E-state index contributed by atoms with van der Waals surface area (Å²) in [5.74, 6) is 0.542. The maximum absolute atomic E-state index is 11.7. The molecule has 0 aromatic heterocycles. The first-order valence-electron chi connectivity index (χ1n) is 7.15. The van der Waals surface area contributed by atoms with Gasteiger partial charge in [0.15, 0.2) is 0 Å². The van der Waals surface area contributed by atoms with E-state index in [0.29, 0.717) is 6.04 Å². The van der Waals surface area contributed by atoms with Crippen LogP contribution in [0.5, 0.6) is 5.75 Å². The summed E-state index contributed by atoms with van der Waals surface area (Å²) in [5, 5.41) is 3.48. The molecule has 0 heterocycles. The standard InChI is InChI=1S/C16H22BrNO3/c1-16(2,15(19)20-3)10-21-14-7-4-12(17)8-11(14)9-18-13-5-6-13/h4,7-8,13,18H,5-6,9-10H2,1-3H3. The normalized spacial score (nSPS) is 14.9. The first-order chi connectivity index (χ1) is 9.92. The number of esters is 1. The molecule has 1 saturated carbocycles. The SMILES string of the molecule is COC(=O)C(C)(C)COc1ccc(Br)cc1CNC1CC1. The summed E-state index contributed by atoms with van der Waals surface area (Å²) in [5.41, 5.74) is 0.431. The predicted octanol–water partition coefficient (Wildman–Crippen LogP) is 3.28. The number of nitrogens with one attached hydrogen (secondary N) is 1. The zero-order chi connectivity index (χ0) is 15.5. The van der Waals surface area contributed by atoms with E-state index >= 15 is 0 Å². The Bertz CT molecular complexity index is 512. The number of rotatable bonds is 7. The molecule has 4 nitrogen and oxygen atoms in total. The predicted molar refractivity (Wildman–Crippen MR) is 85.3 cm³/mol. The van der Waals surface area contributed by atoms with Crippen molar-refractivity contribution in [3.8, 4) is 5.75 Å². The Morgan fingerprint density at radius 2 is 2.14 bits per heavy atom. The fourth-order valence-electron chi connectivity index (χ4n) is 1.96. The van der Waals surface area contributed by atoms with Crippen LogP contribution in [0.15, 0.2) is 22.7 Å². The van der Waals surface area contributed by atoms with Crippen LogP contribution in [0.25, 0.3) is 0 Å². The van der Waals surface area contributed by atoms with Crippen LogP contribution in [0.1, 0.15) is 32.3 Å². The Kier molecular flexibility index (Phi) is 5.27. The summed E-state index contributed by atoms with van der Waals surface area (Å²) in [7, 11) is 1.40. The molecule has 1 aromatic rings. The first-order valence-corrected chi connectivity index (χ1v) is 7.95. The van der Waals surface area contributed by atoms with Crippen molar-refractivity contribution in [3.63, 3.8) is 0 Å². The van der Waals surface area contributed by atoms with Gasteiger partial charge in [0.05, 0.1) is 12.5 Å². The molecule has 0 radical (unpaired) electrons. The molecule has 0 amide bonds. The fourth-order valence-corrected chi connectivity index (χ4v) is 2.37. The summed E-state index contributed by atoms with van der Waals surface area (Å²) in [6.45, 7) is 4.70. The molecular formula is C16H22BrNO3. The van der Waals surface area contributed by atoms with Crippen molar-refractivity contribution < 1.29 is 14.3 Å². The highest BCUT2D eigenvalue weighted by Gasteiger charge is 2.30. The lowest BCUT2D eigenvalue weighted by molar-refractivity contribution is -0.152. The van der Waals surface area contributed by atoms with Gasteiger partial charge in [0, 0.05) is 22.6 Å². The topological polar surface area (TPSA) is 47.6 Å². The van der Waals surface area contributed by atoms with Crippen molar-refractivity contribution in [1.29, 1.82) is 0 Å². The van der Waals surface area contributed by atoms with Crippen LogP contribution in [0.3, 0.4) is 0 Å². The minimum Gasteiger partial charge on any atom is -0.492 e. The maximum Gasteiger partial charge on any atom is 0.314 e. The number of benzene rings is 1. The summed E-state index contributed by atoms with van der Waals surface area (Å²) in [6.07, 6.45) is 2.50. The Morgan fingerprint density at radius 3 is 2.76 bits per heavy atom. The van der Waals surface area contributed by atoms with Crippen LogP contribution >= 0.6 is 15.9 Å². The average Bonchev–Trinajstić information content (AvgIpc) is 3.27. The Labute approximate surface area is 134 Å². The van der Waals surface area contributed by atoms with Crippen molar-refractivity contribution in [2.45, 2.75) is 39.3 Å². The molecular weight excluding hydrogens is 334 g/mol. The lowest BCUT2D eigenvalue weighted by Gasteiger charge is -2.22. The Hall–Kier alpha value is -1.07. The summed E-state index contributed by atoms with van der Waals surface area (Å²) in [4.78, 5) is 11.7. The van der Waals surface area contributed by atoms with Gasteiger partial charge in [0.25, 0.3) is 0 Å². The van der Waals surface area contributed by atoms with Gasteiger partial charge < -0.3 is 14.8 Å². The van der Waals surface area contributed by atoms with Crippen molar-refractivity contribution in [2.24, 2.45) is 5.41 Å². The van der Waals surface area contributed by atoms with E-state index in [9.17, 15) is 4.79 Å². The van der Waals surface area contributed by atoms with Gasteiger partial charge in [-0.2, -0.15) is 0 Å². The van der Waals surface area contributed by atoms with Crippen LogP contribution < -0.4 is 10.1 Å². The zero-order valence-corrected chi connectivity index (χ0v) is 14.3. The average molecular weight is 356 g/mol. The van der Waals surface area contributed by atoms with E-state index in [1.165, 1.54) is 20.0 Å². The second-order valence-corrected chi connectivity index (χ2v) is 6.99. The maximum atomic E-state index is 11.7. The molecule has 5 heteroatoms. The van der Waals surface area contributed by atoms with E-state index in [0.717, 1.165) is 22.3 Å². The van der Waals surface area contributed by atoms with Crippen molar-refractivity contribution >= 4 is 21.9 Å². The van der Waals surface area contributed by atoms with Crippen LogP contribution in [-0.4, -0.2) is 25.7 Å². The highest BCUT2D eigenvalue weighted by atomic mass is 79.9. The van der Waals surface area contributed by atoms with Gasteiger partial charge in [-0.1, -0.05) is 15.9 Å².